The van der Waals surface area contributed by atoms with E-state index >= 15 is 0 Å². The van der Waals surface area contributed by atoms with Gasteiger partial charge in [-0.1, -0.05) is 26.8 Å². The fourth-order valence-electron chi connectivity index (χ4n) is 1.57. The van der Waals surface area contributed by atoms with Gasteiger partial charge in [0.05, 0.1) is 6.10 Å². The smallest absolute Gasteiger partial charge is 0.121 e. The van der Waals surface area contributed by atoms with Crippen molar-refractivity contribution in [1.29, 1.82) is 0 Å². The molecule has 96 valence electrons. The second-order valence-electron chi connectivity index (χ2n) is 5.22. The Morgan fingerprint density at radius 3 is 2.29 bits per heavy atom. The van der Waals surface area contributed by atoms with Gasteiger partial charge in [0.15, 0.2) is 0 Å². The van der Waals surface area contributed by atoms with Gasteiger partial charge in [-0.15, -0.1) is 0 Å². The van der Waals surface area contributed by atoms with Crippen molar-refractivity contribution in [3.63, 3.8) is 0 Å². The summed E-state index contributed by atoms with van der Waals surface area (Å²) in [7, 11) is 0. The van der Waals surface area contributed by atoms with Gasteiger partial charge in [-0.3, -0.25) is 0 Å². The molecule has 0 bridgehead atoms. The summed E-state index contributed by atoms with van der Waals surface area (Å²) in [5.41, 5.74) is 1.27. The minimum atomic E-state index is -1.12. The Morgan fingerprint density at radius 2 is 1.82 bits per heavy atom. The molecule has 3 nitrogen and oxygen atoms in total. The van der Waals surface area contributed by atoms with E-state index in [1.165, 1.54) is 0 Å². The highest BCUT2D eigenvalue weighted by atomic mass is 32.1. The van der Waals surface area contributed by atoms with Crippen molar-refractivity contribution < 1.29 is 15.3 Å². The molecule has 0 aromatic heterocycles. The molecule has 1 aromatic carbocycles. The Hall–Kier alpha value is -0.710. The molecule has 2 unspecified atom stereocenters. The standard InChI is InChI=1S/C13H20O3S/c1-13(2,3)8-4-5-10(14)9(6-8)12(16)11(15)7-17/h4-6,11-12,14-17H,7H2,1-3H3. The molecular formula is C13H20O3S. The Kier molecular flexibility index (Phi) is 4.47. The van der Waals surface area contributed by atoms with Gasteiger partial charge in [0, 0.05) is 11.3 Å². The number of aromatic hydroxyl groups is 1. The van der Waals surface area contributed by atoms with Crippen LogP contribution in [0.2, 0.25) is 0 Å². The number of benzene rings is 1. The number of phenolic OH excluding ortho intramolecular Hbond substituents is 1. The molecule has 1 rings (SSSR count). The van der Waals surface area contributed by atoms with Gasteiger partial charge in [0.25, 0.3) is 0 Å². The molecule has 0 radical (unpaired) electrons. The van der Waals surface area contributed by atoms with Gasteiger partial charge in [0.1, 0.15) is 11.9 Å². The van der Waals surface area contributed by atoms with Crippen LogP contribution in [0.4, 0.5) is 0 Å². The van der Waals surface area contributed by atoms with E-state index < -0.39 is 12.2 Å². The third kappa shape index (κ3) is 3.37. The molecule has 0 aliphatic heterocycles. The highest BCUT2D eigenvalue weighted by Crippen LogP contribution is 2.32. The molecule has 0 aliphatic rings. The number of rotatable bonds is 3. The van der Waals surface area contributed by atoms with Crippen molar-refractivity contribution in [2.45, 2.75) is 38.4 Å². The average molecular weight is 256 g/mol. The molecule has 1 aromatic rings. The molecule has 0 spiro atoms. The van der Waals surface area contributed by atoms with Crippen LogP contribution in [-0.4, -0.2) is 27.2 Å². The second kappa shape index (κ2) is 5.29. The maximum Gasteiger partial charge on any atom is 0.121 e. The maximum atomic E-state index is 9.90. The summed E-state index contributed by atoms with van der Waals surface area (Å²) in [6, 6.07) is 5.09. The monoisotopic (exact) mass is 256 g/mol. The number of aliphatic hydroxyl groups is 2. The first kappa shape index (κ1) is 14.4. The summed E-state index contributed by atoms with van der Waals surface area (Å²) in [6.45, 7) is 6.14. The highest BCUT2D eigenvalue weighted by Gasteiger charge is 2.23. The van der Waals surface area contributed by atoms with Crippen LogP contribution in [0, 0.1) is 0 Å². The van der Waals surface area contributed by atoms with Crippen molar-refractivity contribution >= 4 is 12.6 Å². The lowest BCUT2D eigenvalue weighted by Gasteiger charge is -2.23. The quantitative estimate of drug-likeness (QED) is 0.626. The first-order valence-electron chi connectivity index (χ1n) is 5.57. The molecule has 0 aliphatic carbocycles. The van der Waals surface area contributed by atoms with E-state index in [2.05, 4.69) is 12.6 Å². The number of hydrogen-bond donors (Lipinski definition) is 4. The average Bonchev–Trinajstić information content (AvgIpc) is 2.26. The predicted molar refractivity (Wildman–Crippen MR) is 71.6 cm³/mol. The van der Waals surface area contributed by atoms with E-state index in [-0.39, 0.29) is 16.9 Å². The molecule has 3 N–H and O–H groups in total. The molecule has 0 saturated carbocycles. The van der Waals surface area contributed by atoms with E-state index in [9.17, 15) is 15.3 Å². The number of thiol groups is 1. The summed E-state index contributed by atoms with van der Waals surface area (Å²) >= 11 is 3.93. The molecule has 2 atom stereocenters. The largest absolute Gasteiger partial charge is 0.508 e. The summed E-state index contributed by atoms with van der Waals surface area (Å²) < 4.78 is 0. The third-order valence-corrected chi connectivity index (χ3v) is 3.14. The summed E-state index contributed by atoms with van der Waals surface area (Å²) in [6.07, 6.45) is -2.10. The Labute approximate surface area is 108 Å². The minimum Gasteiger partial charge on any atom is -0.508 e. The zero-order valence-electron chi connectivity index (χ0n) is 10.4. The van der Waals surface area contributed by atoms with Crippen molar-refractivity contribution in [2.75, 3.05) is 5.75 Å². The van der Waals surface area contributed by atoms with Crippen LogP contribution in [0.5, 0.6) is 5.75 Å². The van der Waals surface area contributed by atoms with Crippen LogP contribution in [0.15, 0.2) is 18.2 Å². The molecule has 0 amide bonds. The fourth-order valence-corrected chi connectivity index (χ4v) is 1.76. The number of phenols is 1. The van der Waals surface area contributed by atoms with E-state index in [1.807, 2.05) is 26.8 Å². The predicted octanol–water partition coefficient (Wildman–Crippen LogP) is 2.01. The van der Waals surface area contributed by atoms with Crippen LogP contribution in [-0.2, 0) is 5.41 Å². The van der Waals surface area contributed by atoms with Crippen molar-refractivity contribution in [1.82, 2.24) is 0 Å². The molecule has 0 heterocycles. The van der Waals surface area contributed by atoms with Crippen molar-refractivity contribution in [3.05, 3.63) is 29.3 Å². The lowest BCUT2D eigenvalue weighted by atomic mass is 9.85. The Balaban J connectivity index is 3.15. The van der Waals surface area contributed by atoms with Gasteiger partial charge in [-0.25, -0.2) is 0 Å². The second-order valence-corrected chi connectivity index (χ2v) is 5.58. The summed E-state index contributed by atoms with van der Waals surface area (Å²) in [5, 5.41) is 29.2. The topological polar surface area (TPSA) is 60.7 Å². The van der Waals surface area contributed by atoms with Crippen LogP contribution in [0.25, 0.3) is 0 Å². The van der Waals surface area contributed by atoms with Gasteiger partial charge < -0.3 is 15.3 Å². The normalized spacial score (nSPS) is 15.6. The van der Waals surface area contributed by atoms with E-state index in [0.717, 1.165) is 5.56 Å². The molecular weight excluding hydrogens is 236 g/mol. The fraction of sp³-hybridized carbons (Fsp3) is 0.538. The zero-order chi connectivity index (χ0) is 13.2. The van der Waals surface area contributed by atoms with Crippen LogP contribution < -0.4 is 0 Å². The van der Waals surface area contributed by atoms with Gasteiger partial charge in [-0.05, 0) is 23.1 Å². The first-order chi connectivity index (χ1) is 7.77. The minimum absolute atomic E-state index is 0.00802. The molecule has 4 heteroatoms. The Morgan fingerprint density at radius 1 is 1.24 bits per heavy atom. The lowest BCUT2D eigenvalue weighted by molar-refractivity contribution is 0.0322. The number of hydrogen-bond acceptors (Lipinski definition) is 4. The van der Waals surface area contributed by atoms with E-state index in [1.54, 1.807) is 12.1 Å². The first-order valence-corrected chi connectivity index (χ1v) is 6.21. The molecule has 0 saturated heterocycles. The van der Waals surface area contributed by atoms with Crippen LogP contribution >= 0.6 is 12.6 Å². The zero-order valence-corrected chi connectivity index (χ0v) is 11.3. The van der Waals surface area contributed by atoms with Gasteiger partial charge in [-0.2, -0.15) is 12.6 Å². The third-order valence-electron chi connectivity index (χ3n) is 2.76. The van der Waals surface area contributed by atoms with E-state index in [4.69, 9.17) is 0 Å². The van der Waals surface area contributed by atoms with Crippen molar-refractivity contribution in [2.24, 2.45) is 0 Å². The molecule has 17 heavy (non-hydrogen) atoms. The lowest BCUT2D eigenvalue weighted by Crippen LogP contribution is -2.21. The molecule has 0 fully saturated rings. The van der Waals surface area contributed by atoms with Crippen LogP contribution in [0.3, 0.4) is 0 Å². The van der Waals surface area contributed by atoms with Crippen LogP contribution in [0.1, 0.15) is 38.0 Å². The Bertz CT molecular complexity index is 385. The van der Waals surface area contributed by atoms with Gasteiger partial charge in [0.2, 0.25) is 0 Å². The summed E-state index contributed by atoms with van der Waals surface area (Å²) in [5.74, 6) is 0.131. The SMILES string of the molecule is CC(C)(C)c1ccc(O)c(C(O)C(O)CS)c1. The van der Waals surface area contributed by atoms with Crippen molar-refractivity contribution in [3.8, 4) is 5.75 Å². The van der Waals surface area contributed by atoms with Gasteiger partial charge >= 0.3 is 0 Å². The summed E-state index contributed by atoms with van der Waals surface area (Å²) in [4.78, 5) is 0. The number of aliphatic hydroxyl groups excluding tert-OH is 2. The highest BCUT2D eigenvalue weighted by molar-refractivity contribution is 7.80. The maximum absolute atomic E-state index is 9.90. The van der Waals surface area contributed by atoms with E-state index in [0.29, 0.717) is 5.56 Å².